The standard InChI is InChI=1S/C17H21N5O3S/c1-21(2)26(24,25)12-4-3-11-6-8-22(15(11)9-12)17(23)16-13-10-18-7-5-14(13)19-20-16/h3-4,9,18H,5-8,10H2,1-2H3,(H,19,20). The lowest BCUT2D eigenvalue weighted by atomic mass is 10.1. The van der Waals surface area contributed by atoms with Gasteiger partial charge in [0.15, 0.2) is 5.69 Å². The maximum absolute atomic E-state index is 13.1. The molecule has 26 heavy (non-hydrogen) atoms. The molecule has 4 rings (SSSR count). The number of nitrogens with zero attached hydrogens (tertiary/aromatic N) is 3. The van der Waals surface area contributed by atoms with E-state index in [0.29, 0.717) is 30.9 Å². The Hall–Kier alpha value is -2.23. The first-order valence-electron chi connectivity index (χ1n) is 8.54. The first kappa shape index (κ1) is 17.2. The molecule has 0 bridgehead atoms. The van der Waals surface area contributed by atoms with Crippen molar-refractivity contribution in [2.75, 3.05) is 32.1 Å². The predicted molar refractivity (Wildman–Crippen MR) is 96.7 cm³/mol. The minimum Gasteiger partial charge on any atom is -0.312 e. The number of H-pyrrole nitrogens is 1. The topological polar surface area (TPSA) is 98.4 Å². The third-order valence-corrected chi connectivity index (χ3v) is 6.80. The van der Waals surface area contributed by atoms with Crippen LogP contribution in [0.4, 0.5) is 5.69 Å². The summed E-state index contributed by atoms with van der Waals surface area (Å²) in [5.41, 5.74) is 3.94. The van der Waals surface area contributed by atoms with Gasteiger partial charge in [-0.25, -0.2) is 12.7 Å². The van der Waals surface area contributed by atoms with Crippen molar-refractivity contribution >= 4 is 21.6 Å². The van der Waals surface area contributed by atoms with Gasteiger partial charge in [0.2, 0.25) is 10.0 Å². The van der Waals surface area contributed by atoms with Gasteiger partial charge in [0, 0.05) is 57.1 Å². The number of nitrogens with one attached hydrogen (secondary N) is 2. The van der Waals surface area contributed by atoms with Crippen molar-refractivity contribution in [1.82, 2.24) is 19.8 Å². The predicted octanol–water partition coefficient (Wildman–Crippen LogP) is 0.509. The van der Waals surface area contributed by atoms with Gasteiger partial charge in [-0.2, -0.15) is 5.10 Å². The molecule has 2 aromatic rings. The Morgan fingerprint density at radius 3 is 2.85 bits per heavy atom. The van der Waals surface area contributed by atoms with E-state index in [0.717, 1.165) is 29.8 Å². The van der Waals surface area contributed by atoms with E-state index in [2.05, 4.69) is 15.5 Å². The average Bonchev–Trinajstić information content (AvgIpc) is 3.24. The Bertz CT molecular complexity index is 980. The third kappa shape index (κ3) is 2.63. The van der Waals surface area contributed by atoms with E-state index in [9.17, 15) is 13.2 Å². The largest absolute Gasteiger partial charge is 0.312 e. The van der Waals surface area contributed by atoms with Crippen molar-refractivity contribution in [2.24, 2.45) is 0 Å². The van der Waals surface area contributed by atoms with Crippen LogP contribution in [0.1, 0.15) is 27.3 Å². The molecule has 2 N–H and O–H groups in total. The highest BCUT2D eigenvalue weighted by Crippen LogP contribution is 2.32. The lowest BCUT2D eigenvalue weighted by Crippen LogP contribution is -2.32. The van der Waals surface area contributed by atoms with Crippen LogP contribution in [-0.4, -0.2) is 56.0 Å². The second kappa shape index (κ2) is 6.19. The molecule has 9 heteroatoms. The molecule has 0 saturated carbocycles. The first-order chi connectivity index (χ1) is 12.4. The van der Waals surface area contributed by atoms with Crippen molar-refractivity contribution < 1.29 is 13.2 Å². The Morgan fingerprint density at radius 1 is 1.27 bits per heavy atom. The zero-order valence-electron chi connectivity index (χ0n) is 14.7. The van der Waals surface area contributed by atoms with Gasteiger partial charge in [-0.05, 0) is 24.1 Å². The van der Waals surface area contributed by atoms with E-state index in [-0.39, 0.29) is 10.8 Å². The normalized spacial score (nSPS) is 16.7. The summed E-state index contributed by atoms with van der Waals surface area (Å²) in [6.45, 7) is 2.00. The number of carbonyl (C=O) groups is 1. The second-order valence-electron chi connectivity index (χ2n) is 6.74. The lowest BCUT2D eigenvalue weighted by molar-refractivity contribution is 0.0983. The molecule has 0 atom stereocenters. The quantitative estimate of drug-likeness (QED) is 0.814. The summed E-state index contributed by atoms with van der Waals surface area (Å²) in [5.74, 6) is -0.190. The van der Waals surface area contributed by atoms with Gasteiger partial charge >= 0.3 is 0 Å². The molecule has 3 heterocycles. The molecule has 1 aromatic heterocycles. The lowest BCUT2D eigenvalue weighted by Gasteiger charge is -2.19. The average molecular weight is 375 g/mol. The summed E-state index contributed by atoms with van der Waals surface area (Å²) in [5, 5.41) is 10.5. The Labute approximate surface area is 152 Å². The van der Waals surface area contributed by atoms with E-state index in [4.69, 9.17) is 0 Å². The Kier molecular flexibility index (Phi) is 4.09. The number of aromatic amines is 1. The van der Waals surface area contributed by atoms with Gasteiger partial charge in [-0.15, -0.1) is 0 Å². The number of sulfonamides is 1. The molecule has 1 aromatic carbocycles. The van der Waals surface area contributed by atoms with Crippen LogP contribution in [0.2, 0.25) is 0 Å². The number of rotatable bonds is 3. The fraction of sp³-hybridized carbons (Fsp3) is 0.412. The molecule has 0 radical (unpaired) electrons. The maximum Gasteiger partial charge on any atom is 0.279 e. The van der Waals surface area contributed by atoms with E-state index >= 15 is 0 Å². The number of amides is 1. The molecule has 0 unspecified atom stereocenters. The number of anilines is 1. The molecule has 1 amide bonds. The van der Waals surface area contributed by atoms with E-state index in [1.807, 2.05) is 0 Å². The minimum absolute atomic E-state index is 0.187. The summed E-state index contributed by atoms with van der Waals surface area (Å²) < 4.78 is 26.0. The highest BCUT2D eigenvalue weighted by Gasteiger charge is 2.31. The molecule has 0 saturated heterocycles. The van der Waals surface area contributed by atoms with Crippen LogP contribution < -0.4 is 10.2 Å². The number of aromatic nitrogens is 2. The van der Waals surface area contributed by atoms with Crippen molar-refractivity contribution in [3.05, 3.63) is 40.7 Å². The summed E-state index contributed by atoms with van der Waals surface area (Å²) in [4.78, 5) is 14.9. The van der Waals surface area contributed by atoms with Crippen LogP contribution in [0.15, 0.2) is 23.1 Å². The number of hydrogen-bond acceptors (Lipinski definition) is 5. The van der Waals surface area contributed by atoms with Crippen molar-refractivity contribution in [3.8, 4) is 0 Å². The van der Waals surface area contributed by atoms with Gasteiger partial charge in [0.25, 0.3) is 5.91 Å². The van der Waals surface area contributed by atoms with Gasteiger partial charge in [0.05, 0.1) is 4.90 Å². The number of carbonyl (C=O) groups excluding carboxylic acids is 1. The molecule has 0 aliphatic carbocycles. The molecular weight excluding hydrogens is 354 g/mol. The first-order valence-corrected chi connectivity index (χ1v) is 9.98. The van der Waals surface area contributed by atoms with Crippen LogP contribution in [0.25, 0.3) is 0 Å². The SMILES string of the molecule is CN(C)S(=O)(=O)c1ccc2c(c1)N(C(=O)c1n[nH]c3c1CNCC3)CC2. The van der Waals surface area contributed by atoms with Crippen molar-refractivity contribution in [1.29, 1.82) is 0 Å². The number of hydrogen-bond donors (Lipinski definition) is 2. The van der Waals surface area contributed by atoms with Gasteiger partial charge < -0.3 is 10.2 Å². The smallest absolute Gasteiger partial charge is 0.279 e. The Balaban J connectivity index is 1.71. The number of benzene rings is 1. The molecule has 2 aliphatic rings. The zero-order valence-corrected chi connectivity index (χ0v) is 15.6. The summed E-state index contributed by atoms with van der Waals surface area (Å²) >= 11 is 0. The highest BCUT2D eigenvalue weighted by atomic mass is 32.2. The monoisotopic (exact) mass is 375 g/mol. The number of fused-ring (bicyclic) bond motifs is 2. The third-order valence-electron chi connectivity index (χ3n) is 4.98. The summed E-state index contributed by atoms with van der Waals surface area (Å²) in [6, 6.07) is 4.98. The summed E-state index contributed by atoms with van der Waals surface area (Å²) in [6.07, 6.45) is 1.52. The molecule has 138 valence electrons. The fourth-order valence-electron chi connectivity index (χ4n) is 3.47. The van der Waals surface area contributed by atoms with Gasteiger partial charge in [-0.3, -0.25) is 9.89 Å². The zero-order chi connectivity index (χ0) is 18.5. The second-order valence-corrected chi connectivity index (χ2v) is 8.89. The summed E-state index contributed by atoms with van der Waals surface area (Å²) in [7, 11) is -0.563. The fourth-order valence-corrected chi connectivity index (χ4v) is 4.39. The van der Waals surface area contributed by atoms with E-state index in [1.165, 1.54) is 18.4 Å². The molecular formula is C17H21N5O3S. The van der Waals surface area contributed by atoms with Crippen LogP contribution in [0, 0.1) is 0 Å². The molecule has 8 nitrogen and oxygen atoms in total. The maximum atomic E-state index is 13.1. The minimum atomic E-state index is -3.55. The van der Waals surface area contributed by atoms with Gasteiger partial charge in [0.1, 0.15) is 0 Å². The van der Waals surface area contributed by atoms with Gasteiger partial charge in [-0.1, -0.05) is 6.07 Å². The van der Waals surface area contributed by atoms with Crippen molar-refractivity contribution in [3.63, 3.8) is 0 Å². The van der Waals surface area contributed by atoms with E-state index < -0.39 is 10.0 Å². The molecule has 0 fully saturated rings. The van der Waals surface area contributed by atoms with Crippen LogP contribution in [-0.2, 0) is 29.4 Å². The van der Waals surface area contributed by atoms with Crippen LogP contribution in [0.3, 0.4) is 0 Å². The van der Waals surface area contributed by atoms with Crippen molar-refractivity contribution in [2.45, 2.75) is 24.3 Å². The van der Waals surface area contributed by atoms with E-state index in [1.54, 1.807) is 23.1 Å². The van der Waals surface area contributed by atoms with Crippen LogP contribution in [0.5, 0.6) is 0 Å². The molecule has 2 aliphatic heterocycles. The van der Waals surface area contributed by atoms with Crippen LogP contribution >= 0.6 is 0 Å². The Morgan fingerprint density at radius 2 is 2.08 bits per heavy atom. The highest BCUT2D eigenvalue weighted by molar-refractivity contribution is 7.89. The molecule has 0 spiro atoms.